The average molecular weight is 361 g/mol. The lowest BCUT2D eigenvalue weighted by atomic mass is 9.83. The third-order valence-electron chi connectivity index (χ3n) is 5.41. The van der Waals surface area contributed by atoms with E-state index in [0.29, 0.717) is 18.0 Å². The monoisotopic (exact) mass is 361 g/mol. The summed E-state index contributed by atoms with van der Waals surface area (Å²) in [5, 5.41) is 3.85. The van der Waals surface area contributed by atoms with Gasteiger partial charge in [-0.15, -0.1) is 0 Å². The number of hydrogen-bond donors (Lipinski definition) is 2. The number of nitrogens with two attached hydrogens (primary N) is 1. The number of para-hydroxylation sites is 1. The Kier molecular flexibility index (Phi) is 4.67. The number of primary amides is 1. The molecule has 3 N–H and O–H groups in total. The molecule has 1 aromatic heterocycles. The van der Waals surface area contributed by atoms with E-state index in [4.69, 9.17) is 5.73 Å². The summed E-state index contributed by atoms with van der Waals surface area (Å²) in [6, 6.07) is 16.0. The molecule has 5 heteroatoms. The molecular weight excluding hydrogens is 338 g/mol. The molecule has 0 unspecified atom stereocenters. The van der Waals surface area contributed by atoms with Crippen LogP contribution < -0.4 is 11.1 Å². The number of nitrogens with one attached hydrogen (secondary N) is 1. The molecule has 1 aliphatic carbocycles. The van der Waals surface area contributed by atoms with Crippen LogP contribution in [0.25, 0.3) is 10.9 Å². The molecule has 0 saturated heterocycles. The number of rotatable bonds is 5. The molecule has 1 heterocycles. The van der Waals surface area contributed by atoms with Gasteiger partial charge in [0.05, 0.1) is 5.56 Å². The van der Waals surface area contributed by atoms with Crippen LogP contribution in [0.15, 0.2) is 54.7 Å². The highest BCUT2D eigenvalue weighted by molar-refractivity contribution is 6.06. The predicted octanol–water partition coefficient (Wildman–Crippen LogP) is 2.98. The Morgan fingerprint density at radius 2 is 1.89 bits per heavy atom. The molecule has 5 nitrogen and oxygen atoms in total. The van der Waals surface area contributed by atoms with Crippen molar-refractivity contribution in [3.05, 3.63) is 71.4 Å². The number of aromatic nitrogens is 1. The highest BCUT2D eigenvalue weighted by Crippen LogP contribution is 2.30. The summed E-state index contributed by atoms with van der Waals surface area (Å²) in [6.45, 7) is 0.805. The molecular formula is C22H23N3O2. The van der Waals surface area contributed by atoms with Crippen molar-refractivity contribution in [2.24, 2.45) is 5.73 Å². The van der Waals surface area contributed by atoms with Gasteiger partial charge in [-0.3, -0.25) is 9.59 Å². The molecule has 4 rings (SSSR count). The van der Waals surface area contributed by atoms with E-state index in [1.54, 1.807) is 10.8 Å². The van der Waals surface area contributed by atoms with Gasteiger partial charge in [-0.1, -0.05) is 42.5 Å². The third kappa shape index (κ3) is 3.45. The van der Waals surface area contributed by atoms with E-state index in [0.717, 1.165) is 30.2 Å². The molecule has 1 aliphatic rings. The fourth-order valence-corrected chi connectivity index (χ4v) is 4.09. The molecule has 27 heavy (non-hydrogen) atoms. The van der Waals surface area contributed by atoms with Gasteiger partial charge in [0.25, 0.3) is 5.91 Å². The Balaban J connectivity index is 1.47. The van der Waals surface area contributed by atoms with Gasteiger partial charge in [0.2, 0.25) is 5.91 Å². The zero-order valence-electron chi connectivity index (χ0n) is 15.2. The van der Waals surface area contributed by atoms with E-state index in [1.165, 1.54) is 11.1 Å². The number of hydrogen-bond acceptors (Lipinski definition) is 2. The third-order valence-corrected chi connectivity index (χ3v) is 5.41. The molecule has 0 radical (unpaired) electrons. The summed E-state index contributed by atoms with van der Waals surface area (Å²) >= 11 is 0. The van der Waals surface area contributed by atoms with Gasteiger partial charge in [-0.25, -0.2) is 0 Å². The van der Waals surface area contributed by atoms with Crippen LogP contribution in [0.4, 0.5) is 0 Å². The molecule has 138 valence electrons. The normalized spacial score (nSPS) is 16.1. The molecule has 3 aromatic rings. The molecule has 2 aromatic carbocycles. The molecule has 0 bridgehead atoms. The second kappa shape index (κ2) is 7.27. The van der Waals surface area contributed by atoms with Crippen molar-refractivity contribution in [2.75, 3.05) is 6.54 Å². The van der Waals surface area contributed by atoms with Crippen molar-refractivity contribution in [3.63, 3.8) is 0 Å². The fraction of sp³-hybridized carbons (Fsp3) is 0.273. The number of amides is 2. The molecule has 0 spiro atoms. The first-order valence-electron chi connectivity index (χ1n) is 9.35. The minimum Gasteiger partial charge on any atom is -0.366 e. The summed E-state index contributed by atoms with van der Waals surface area (Å²) in [4.78, 5) is 24.2. The maximum Gasteiger partial charge on any atom is 0.250 e. The van der Waals surface area contributed by atoms with E-state index in [1.807, 2.05) is 24.3 Å². The molecule has 0 saturated carbocycles. The second-order valence-corrected chi connectivity index (χ2v) is 7.14. The van der Waals surface area contributed by atoms with E-state index < -0.39 is 5.91 Å². The Labute approximate surface area is 158 Å². The van der Waals surface area contributed by atoms with E-state index in [2.05, 4.69) is 29.6 Å². The zero-order valence-corrected chi connectivity index (χ0v) is 15.2. The molecule has 1 atom stereocenters. The summed E-state index contributed by atoms with van der Waals surface area (Å²) in [7, 11) is 0. The lowest BCUT2D eigenvalue weighted by Gasteiger charge is -2.25. The highest BCUT2D eigenvalue weighted by Gasteiger charge is 2.20. The van der Waals surface area contributed by atoms with E-state index in [9.17, 15) is 9.59 Å². The number of fused-ring (bicyclic) bond motifs is 2. The zero-order chi connectivity index (χ0) is 18.8. The predicted molar refractivity (Wildman–Crippen MR) is 106 cm³/mol. The summed E-state index contributed by atoms with van der Waals surface area (Å²) in [5.41, 5.74) is 9.50. The standard InChI is InChI=1S/C22H23N3O2/c23-22(27)19-13-25(20-11-4-3-10-18(19)20)14-21(26)24-12-16-8-5-7-15-6-1-2-9-17(15)16/h1-4,6,9-11,13,16H,5,7-8,12,14H2,(H2,23,27)(H,24,26)/t16-/m1/s1. The van der Waals surface area contributed by atoms with Crippen molar-refractivity contribution in [2.45, 2.75) is 31.7 Å². The Morgan fingerprint density at radius 3 is 2.74 bits per heavy atom. The summed E-state index contributed by atoms with van der Waals surface area (Å²) in [5.74, 6) is -0.180. The van der Waals surface area contributed by atoms with Crippen LogP contribution >= 0.6 is 0 Å². The fourth-order valence-electron chi connectivity index (χ4n) is 4.09. The van der Waals surface area contributed by atoms with Crippen LogP contribution in [0.1, 0.15) is 40.2 Å². The van der Waals surface area contributed by atoms with Crippen LogP contribution in [-0.4, -0.2) is 22.9 Å². The lowest BCUT2D eigenvalue weighted by molar-refractivity contribution is -0.121. The largest absolute Gasteiger partial charge is 0.366 e. The number of aryl methyl sites for hydroxylation is 1. The first kappa shape index (κ1) is 17.3. The molecule has 0 aliphatic heterocycles. The van der Waals surface area contributed by atoms with Crippen molar-refractivity contribution in [1.82, 2.24) is 9.88 Å². The highest BCUT2D eigenvalue weighted by atomic mass is 16.2. The van der Waals surface area contributed by atoms with Crippen LogP contribution in [0, 0.1) is 0 Å². The van der Waals surface area contributed by atoms with Gasteiger partial charge in [0, 0.05) is 29.6 Å². The maximum atomic E-state index is 12.5. The van der Waals surface area contributed by atoms with Gasteiger partial charge >= 0.3 is 0 Å². The van der Waals surface area contributed by atoms with Gasteiger partial charge in [-0.2, -0.15) is 0 Å². The quantitative estimate of drug-likeness (QED) is 0.733. The smallest absolute Gasteiger partial charge is 0.250 e. The number of benzene rings is 2. The Morgan fingerprint density at radius 1 is 1.11 bits per heavy atom. The minimum absolute atomic E-state index is 0.0603. The van der Waals surface area contributed by atoms with Gasteiger partial charge in [-0.05, 0) is 36.5 Å². The van der Waals surface area contributed by atoms with Gasteiger partial charge < -0.3 is 15.6 Å². The van der Waals surface area contributed by atoms with Crippen LogP contribution in [0.3, 0.4) is 0 Å². The number of nitrogens with zero attached hydrogens (tertiary/aromatic N) is 1. The summed E-state index contributed by atoms with van der Waals surface area (Å²) in [6.07, 6.45) is 5.03. The van der Waals surface area contributed by atoms with Crippen LogP contribution in [-0.2, 0) is 17.8 Å². The Hall–Kier alpha value is -3.08. The summed E-state index contributed by atoms with van der Waals surface area (Å²) < 4.78 is 1.79. The van der Waals surface area contributed by atoms with E-state index >= 15 is 0 Å². The second-order valence-electron chi connectivity index (χ2n) is 7.14. The van der Waals surface area contributed by atoms with Crippen molar-refractivity contribution in [3.8, 4) is 0 Å². The van der Waals surface area contributed by atoms with Crippen molar-refractivity contribution in [1.29, 1.82) is 0 Å². The molecule has 0 fully saturated rings. The van der Waals surface area contributed by atoms with Crippen LogP contribution in [0.2, 0.25) is 0 Å². The SMILES string of the molecule is NC(=O)c1cn(CC(=O)NC[C@H]2CCCc3ccccc32)c2ccccc12. The van der Waals surface area contributed by atoms with Crippen molar-refractivity contribution >= 4 is 22.7 Å². The lowest BCUT2D eigenvalue weighted by Crippen LogP contribution is -2.32. The number of carbonyl (C=O) groups excluding carboxylic acids is 2. The molecule has 2 amide bonds. The average Bonchev–Trinajstić information content (AvgIpc) is 3.05. The van der Waals surface area contributed by atoms with Gasteiger partial charge in [0.1, 0.15) is 6.54 Å². The van der Waals surface area contributed by atoms with E-state index in [-0.39, 0.29) is 12.5 Å². The van der Waals surface area contributed by atoms with Gasteiger partial charge in [0.15, 0.2) is 0 Å². The number of carbonyl (C=O) groups is 2. The first-order valence-corrected chi connectivity index (χ1v) is 9.35. The first-order chi connectivity index (χ1) is 13.1. The Bertz CT molecular complexity index is 1010. The van der Waals surface area contributed by atoms with Crippen LogP contribution in [0.5, 0.6) is 0 Å². The van der Waals surface area contributed by atoms with Crippen molar-refractivity contribution < 1.29 is 9.59 Å². The minimum atomic E-state index is -0.482. The maximum absolute atomic E-state index is 12.5. The topological polar surface area (TPSA) is 77.1 Å².